The number of urea groups is 1. The minimum absolute atomic E-state index is 0.205. The van der Waals surface area contributed by atoms with Crippen molar-refractivity contribution < 1.29 is 14.7 Å². The number of amides is 2. The van der Waals surface area contributed by atoms with Crippen molar-refractivity contribution in [1.29, 1.82) is 0 Å². The van der Waals surface area contributed by atoms with Gasteiger partial charge in [0.25, 0.3) is 0 Å². The third kappa shape index (κ3) is 3.35. The number of carboxylic acid groups (broad SMARTS) is 1. The van der Waals surface area contributed by atoms with E-state index in [1.165, 1.54) is 12.5 Å². The number of hydrogen-bond acceptors (Lipinski definition) is 2. The van der Waals surface area contributed by atoms with Gasteiger partial charge in [0.15, 0.2) is 0 Å². The fourth-order valence-corrected chi connectivity index (χ4v) is 2.77. The van der Waals surface area contributed by atoms with Crippen LogP contribution in [0.1, 0.15) is 48.5 Å². The van der Waals surface area contributed by atoms with Gasteiger partial charge in [-0.2, -0.15) is 0 Å². The summed E-state index contributed by atoms with van der Waals surface area (Å²) in [5.41, 5.74) is 1.56. The van der Waals surface area contributed by atoms with Gasteiger partial charge in [-0.25, -0.2) is 9.59 Å². The second-order valence-electron chi connectivity index (χ2n) is 5.80. The molecule has 21 heavy (non-hydrogen) atoms. The van der Waals surface area contributed by atoms with Crippen LogP contribution in [0.15, 0.2) is 18.2 Å². The van der Waals surface area contributed by atoms with E-state index in [1.807, 2.05) is 0 Å². The Balaban J connectivity index is 1.97. The van der Waals surface area contributed by atoms with Gasteiger partial charge in [0.1, 0.15) is 0 Å². The van der Waals surface area contributed by atoms with E-state index in [4.69, 9.17) is 5.11 Å². The quantitative estimate of drug-likeness (QED) is 0.777. The summed E-state index contributed by atoms with van der Waals surface area (Å²) < 4.78 is 0. The van der Waals surface area contributed by atoms with Crippen molar-refractivity contribution in [2.45, 2.75) is 39.5 Å². The molecule has 1 aliphatic rings. The highest BCUT2D eigenvalue weighted by Crippen LogP contribution is 2.43. The normalized spacial score (nSPS) is 15.9. The molecule has 0 saturated heterocycles. The minimum Gasteiger partial charge on any atom is -0.478 e. The smallest absolute Gasteiger partial charge is 0.336 e. The molecule has 5 nitrogen and oxygen atoms in total. The average Bonchev–Trinajstić information content (AvgIpc) is 2.40. The lowest BCUT2D eigenvalue weighted by Crippen LogP contribution is -2.43. The summed E-state index contributed by atoms with van der Waals surface area (Å²) in [5.74, 6) is -0.990. The monoisotopic (exact) mass is 290 g/mol. The maximum absolute atomic E-state index is 12.0. The zero-order chi connectivity index (χ0) is 15.5. The van der Waals surface area contributed by atoms with Gasteiger partial charge in [-0.15, -0.1) is 0 Å². The lowest BCUT2D eigenvalue weighted by molar-refractivity contribution is 0.0696. The van der Waals surface area contributed by atoms with E-state index in [-0.39, 0.29) is 17.0 Å². The highest BCUT2D eigenvalue weighted by Gasteiger charge is 2.35. The Morgan fingerprint density at radius 3 is 2.57 bits per heavy atom. The van der Waals surface area contributed by atoms with Crippen molar-refractivity contribution in [3.05, 3.63) is 29.3 Å². The Morgan fingerprint density at radius 1 is 1.33 bits per heavy atom. The molecule has 0 atom stereocenters. The first-order valence-corrected chi connectivity index (χ1v) is 7.35. The number of carbonyl (C=O) groups excluding carboxylic acids is 1. The second-order valence-corrected chi connectivity index (χ2v) is 5.80. The summed E-state index contributed by atoms with van der Waals surface area (Å²) in [4.78, 5) is 23.1. The first kappa shape index (κ1) is 15.4. The Kier molecular flexibility index (Phi) is 4.50. The van der Waals surface area contributed by atoms with E-state index in [9.17, 15) is 9.59 Å². The van der Waals surface area contributed by atoms with Gasteiger partial charge in [-0.1, -0.05) is 19.4 Å². The van der Waals surface area contributed by atoms with Crippen molar-refractivity contribution in [3.63, 3.8) is 0 Å². The van der Waals surface area contributed by atoms with Crippen LogP contribution in [0.25, 0.3) is 0 Å². The third-order valence-corrected chi connectivity index (χ3v) is 4.60. The van der Waals surface area contributed by atoms with Crippen LogP contribution in [0.3, 0.4) is 0 Å². The number of benzene rings is 1. The summed E-state index contributed by atoms with van der Waals surface area (Å²) in [6, 6.07) is 4.59. The van der Waals surface area contributed by atoms with Crippen LogP contribution in [-0.4, -0.2) is 23.7 Å². The molecule has 1 fully saturated rings. The maximum Gasteiger partial charge on any atom is 0.336 e. The Bertz CT molecular complexity index is 545. The molecular formula is C16H22N2O3. The zero-order valence-electron chi connectivity index (χ0n) is 12.5. The fourth-order valence-electron chi connectivity index (χ4n) is 2.77. The average molecular weight is 290 g/mol. The topological polar surface area (TPSA) is 78.4 Å². The molecule has 0 heterocycles. The molecule has 114 valence electrons. The van der Waals surface area contributed by atoms with Gasteiger partial charge in [0.05, 0.1) is 5.56 Å². The molecule has 1 aliphatic carbocycles. The summed E-state index contributed by atoms with van der Waals surface area (Å²) in [6.07, 6.45) is 4.63. The third-order valence-electron chi connectivity index (χ3n) is 4.60. The van der Waals surface area contributed by atoms with Crippen molar-refractivity contribution >= 4 is 17.7 Å². The van der Waals surface area contributed by atoms with E-state index < -0.39 is 5.97 Å². The van der Waals surface area contributed by atoms with Crippen LogP contribution >= 0.6 is 0 Å². The maximum atomic E-state index is 12.0. The molecule has 0 bridgehead atoms. The van der Waals surface area contributed by atoms with Crippen LogP contribution < -0.4 is 10.6 Å². The highest BCUT2D eigenvalue weighted by atomic mass is 16.4. The minimum atomic E-state index is -0.990. The highest BCUT2D eigenvalue weighted by molar-refractivity contribution is 5.95. The van der Waals surface area contributed by atoms with Crippen LogP contribution in [0.5, 0.6) is 0 Å². The number of rotatable bonds is 5. The second kappa shape index (κ2) is 6.16. The molecule has 3 N–H and O–H groups in total. The van der Waals surface area contributed by atoms with Crippen LogP contribution in [-0.2, 0) is 0 Å². The molecule has 0 spiro atoms. The largest absolute Gasteiger partial charge is 0.478 e. The molecule has 0 aliphatic heterocycles. The summed E-state index contributed by atoms with van der Waals surface area (Å²) in [5, 5.41) is 14.7. The molecule has 1 aromatic carbocycles. The lowest BCUT2D eigenvalue weighted by atomic mass is 9.67. The Hall–Kier alpha value is -2.04. The van der Waals surface area contributed by atoms with Gasteiger partial charge in [0, 0.05) is 12.2 Å². The fraction of sp³-hybridized carbons (Fsp3) is 0.500. The predicted octanol–water partition coefficient (Wildman–Crippen LogP) is 3.40. The number of carbonyl (C=O) groups is 2. The first-order chi connectivity index (χ1) is 9.97. The molecule has 2 rings (SSSR count). The number of hydrogen-bond donors (Lipinski definition) is 3. The molecular weight excluding hydrogens is 268 g/mol. The number of anilines is 1. The van der Waals surface area contributed by atoms with Gasteiger partial charge < -0.3 is 15.7 Å². The van der Waals surface area contributed by atoms with Crippen LogP contribution in [0.4, 0.5) is 10.5 Å². The van der Waals surface area contributed by atoms with Gasteiger partial charge >= 0.3 is 12.0 Å². The molecule has 5 heteroatoms. The standard InChI is InChI=1S/C16H22N2O3/c1-3-16(8-5-9-16)10-17-15(21)18-13-7-4-6-12(11(13)2)14(19)20/h4,6-7H,3,5,8-10H2,1-2H3,(H,19,20)(H2,17,18,21). The Labute approximate surface area is 124 Å². The van der Waals surface area contributed by atoms with Gasteiger partial charge in [-0.05, 0) is 49.3 Å². The Morgan fingerprint density at radius 2 is 2.05 bits per heavy atom. The van der Waals surface area contributed by atoms with E-state index in [0.717, 1.165) is 19.3 Å². The summed E-state index contributed by atoms with van der Waals surface area (Å²) >= 11 is 0. The van der Waals surface area contributed by atoms with Crippen molar-refractivity contribution in [1.82, 2.24) is 5.32 Å². The number of nitrogens with one attached hydrogen (secondary N) is 2. The van der Waals surface area contributed by atoms with Crippen LogP contribution in [0, 0.1) is 12.3 Å². The van der Waals surface area contributed by atoms with Crippen molar-refractivity contribution in [3.8, 4) is 0 Å². The van der Waals surface area contributed by atoms with E-state index in [0.29, 0.717) is 17.8 Å². The number of carboxylic acids is 1. The van der Waals surface area contributed by atoms with E-state index >= 15 is 0 Å². The van der Waals surface area contributed by atoms with Crippen molar-refractivity contribution in [2.24, 2.45) is 5.41 Å². The van der Waals surface area contributed by atoms with Gasteiger partial charge in [0.2, 0.25) is 0 Å². The van der Waals surface area contributed by atoms with E-state index in [2.05, 4.69) is 17.6 Å². The molecule has 0 unspecified atom stereocenters. The molecule has 1 saturated carbocycles. The molecule has 2 amide bonds. The van der Waals surface area contributed by atoms with Crippen molar-refractivity contribution in [2.75, 3.05) is 11.9 Å². The molecule has 0 aromatic heterocycles. The predicted molar refractivity (Wildman–Crippen MR) is 81.7 cm³/mol. The lowest BCUT2D eigenvalue weighted by Gasteiger charge is -2.41. The number of aromatic carboxylic acids is 1. The molecule has 1 aromatic rings. The summed E-state index contributed by atoms with van der Waals surface area (Å²) in [6.45, 7) is 4.52. The molecule has 0 radical (unpaired) electrons. The SMILES string of the molecule is CCC1(CNC(=O)Nc2cccc(C(=O)O)c2C)CCC1. The van der Waals surface area contributed by atoms with Crippen LogP contribution in [0.2, 0.25) is 0 Å². The summed E-state index contributed by atoms with van der Waals surface area (Å²) in [7, 11) is 0. The zero-order valence-corrected chi connectivity index (χ0v) is 12.5. The van der Waals surface area contributed by atoms with Gasteiger partial charge in [-0.3, -0.25) is 0 Å². The first-order valence-electron chi connectivity index (χ1n) is 7.35. The van der Waals surface area contributed by atoms with E-state index in [1.54, 1.807) is 19.1 Å².